The van der Waals surface area contributed by atoms with Crippen LogP contribution in [-0.4, -0.2) is 0 Å². The average molecular weight is 321 g/mol. The van der Waals surface area contributed by atoms with Crippen molar-refractivity contribution in [3.63, 3.8) is 0 Å². The highest BCUT2D eigenvalue weighted by molar-refractivity contribution is 5.27. The lowest BCUT2D eigenvalue weighted by Crippen LogP contribution is -2.25. The molecule has 0 heteroatoms. The maximum atomic E-state index is 2.39. The van der Waals surface area contributed by atoms with Gasteiger partial charge in [0.15, 0.2) is 0 Å². The van der Waals surface area contributed by atoms with Gasteiger partial charge < -0.3 is 0 Å². The first-order valence-corrected chi connectivity index (χ1v) is 8.65. The Morgan fingerprint density at radius 2 is 0.783 bits per heavy atom. The molecule has 0 nitrogen and oxygen atoms in total. The third-order valence-electron chi connectivity index (χ3n) is 3.38. The highest BCUT2D eigenvalue weighted by Gasteiger charge is 2.29. The molecule has 1 rings (SSSR count). The van der Waals surface area contributed by atoms with Crippen LogP contribution in [0.5, 0.6) is 0 Å². The molecule has 23 heavy (non-hydrogen) atoms. The Kier molecular flexibility index (Phi) is 9.47. The molecule has 0 amide bonds. The van der Waals surface area contributed by atoms with Crippen LogP contribution in [0.2, 0.25) is 0 Å². The second-order valence-electron chi connectivity index (χ2n) is 10.3. The Balaban J connectivity index is 0. The number of rotatable bonds is 2. The standard InChI is InChI=1S/C13H28.C9H12.CH4/c1-11(2,3)9-13(7,8)10-12(4,5)6;1-7-4-8(2)6-9(3)5-7;/h9-10H2,1-8H3;4-6H,1-3H3;1H4. The summed E-state index contributed by atoms with van der Waals surface area (Å²) >= 11 is 0. The van der Waals surface area contributed by atoms with Gasteiger partial charge in [0.05, 0.1) is 0 Å². The van der Waals surface area contributed by atoms with Gasteiger partial charge in [0.1, 0.15) is 0 Å². The minimum atomic E-state index is 0. The van der Waals surface area contributed by atoms with Crippen molar-refractivity contribution in [2.24, 2.45) is 16.2 Å². The van der Waals surface area contributed by atoms with Crippen molar-refractivity contribution in [3.8, 4) is 0 Å². The average Bonchev–Trinajstić information content (AvgIpc) is 2.05. The summed E-state index contributed by atoms with van der Waals surface area (Å²) in [6.07, 6.45) is 2.61. The fraction of sp³-hybridized carbons (Fsp3) is 0.739. The van der Waals surface area contributed by atoms with Crippen LogP contribution in [0.25, 0.3) is 0 Å². The first-order valence-electron chi connectivity index (χ1n) is 8.65. The predicted octanol–water partition coefficient (Wildman–Crippen LogP) is 8.13. The van der Waals surface area contributed by atoms with Crippen molar-refractivity contribution in [3.05, 3.63) is 34.9 Å². The molecular weight excluding hydrogens is 276 g/mol. The van der Waals surface area contributed by atoms with E-state index in [-0.39, 0.29) is 7.43 Å². The van der Waals surface area contributed by atoms with Crippen molar-refractivity contribution < 1.29 is 0 Å². The van der Waals surface area contributed by atoms with Crippen molar-refractivity contribution in [2.75, 3.05) is 0 Å². The van der Waals surface area contributed by atoms with Gasteiger partial charge >= 0.3 is 0 Å². The van der Waals surface area contributed by atoms with Gasteiger partial charge in [0.25, 0.3) is 0 Å². The molecule has 0 aliphatic rings. The summed E-state index contributed by atoms with van der Waals surface area (Å²) in [7, 11) is 0. The molecule has 136 valence electrons. The minimum Gasteiger partial charge on any atom is -0.0776 e. The third kappa shape index (κ3) is 14.5. The van der Waals surface area contributed by atoms with Gasteiger partial charge in [0.2, 0.25) is 0 Å². The summed E-state index contributed by atoms with van der Waals surface area (Å²) in [5, 5.41) is 0. The molecule has 0 heterocycles. The van der Waals surface area contributed by atoms with Crippen LogP contribution in [0, 0.1) is 37.0 Å². The molecule has 1 aromatic carbocycles. The summed E-state index contributed by atoms with van der Waals surface area (Å²) in [6.45, 7) is 25.1. The quantitative estimate of drug-likeness (QED) is 0.516. The van der Waals surface area contributed by atoms with Crippen LogP contribution in [0.15, 0.2) is 18.2 Å². The van der Waals surface area contributed by atoms with E-state index >= 15 is 0 Å². The van der Waals surface area contributed by atoms with Gasteiger partial charge in [-0.15, -0.1) is 0 Å². The van der Waals surface area contributed by atoms with E-state index < -0.39 is 0 Å². The lowest BCUT2D eigenvalue weighted by molar-refractivity contribution is 0.143. The summed E-state index contributed by atoms with van der Waals surface area (Å²) in [5.41, 5.74) is 5.44. The van der Waals surface area contributed by atoms with Crippen LogP contribution >= 0.6 is 0 Å². The molecule has 0 atom stereocenters. The monoisotopic (exact) mass is 320 g/mol. The Bertz CT molecular complexity index is 381. The van der Waals surface area contributed by atoms with Crippen LogP contribution in [-0.2, 0) is 0 Å². The minimum absolute atomic E-state index is 0. The molecule has 0 aliphatic carbocycles. The van der Waals surface area contributed by atoms with E-state index in [0.29, 0.717) is 16.2 Å². The first kappa shape index (κ1) is 24.5. The SMILES string of the molecule is C.CC(C)(C)CC(C)(C)CC(C)(C)C.Cc1cc(C)cc(C)c1. The normalized spacial score (nSPS) is 12.1. The number of benzene rings is 1. The van der Waals surface area contributed by atoms with Crippen LogP contribution in [0.1, 0.15) is 92.3 Å². The lowest BCUT2D eigenvalue weighted by Gasteiger charge is -2.37. The van der Waals surface area contributed by atoms with Gasteiger partial charge in [-0.25, -0.2) is 0 Å². The molecule has 0 fully saturated rings. The Morgan fingerprint density at radius 1 is 0.565 bits per heavy atom. The predicted molar refractivity (Wildman–Crippen MR) is 109 cm³/mol. The number of hydrogen-bond donors (Lipinski definition) is 0. The highest BCUT2D eigenvalue weighted by atomic mass is 14.3. The molecule has 0 aromatic heterocycles. The van der Waals surface area contributed by atoms with E-state index in [1.165, 1.54) is 29.5 Å². The van der Waals surface area contributed by atoms with Gasteiger partial charge in [0, 0.05) is 0 Å². The number of hydrogen-bond acceptors (Lipinski definition) is 0. The van der Waals surface area contributed by atoms with E-state index in [1.807, 2.05) is 0 Å². The zero-order valence-electron chi connectivity index (χ0n) is 17.1. The van der Waals surface area contributed by atoms with E-state index in [2.05, 4.69) is 94.4 Å². The Labute approximate surface area is 148 Å². The third-order valence-corrected chi connectivity index (χ3v) is 3.38. The fourth-order valence-electron chi connectivity index (χ4n) is 4.14. The second-order valence-corrected chi connectivity index (χ2v) is 10.3. The molecule has 0 bridgehead atoms. The summed E-state index contributed by atoms with van der Waals surface area (Å²) in [4.78, 5) is 0. The van der Waals surface area contributed by atoms with E-state index in [4.69, 9.17) is 0 Å². The second kappa shape index (κ2) is 8.90. The van der Waals surface area contributed by atoms with E-state index in [1.54, 1.807) is 0 Å². The Hall–Kier alpha value is -0.780. The van der Waals surface area contributed by atoms with Gasteiger partial charge in [-0.05, 0) is 49.9 Å². The molecule has 0 aliphatic heterocycles. The Morgan fingerprint density at radius 3 is 0.957 bits per heavy atom. The largest absolute Gasteiger partial charge is 0.0776 e. The molecule has 1 aromatic rings. The molecule has 0 unspecified atom stereocenters. The topological polar surface area (TPSA) is 0 Å². The van der Waals surface area contributed by atoms with Crippen molar-refractivity contribution >= 4 is 0 Å². The highest BCUT2D eigenvalue weighted by Crippen LogP contribution is 2.41. The molecule has 0 saturated heterocycles. The van der Waals surface area contributed by atoms with Gasteiger partial charge in [-0.1, -0.05) is 97.7 Å². The lowest BCUT2D eigenvalue weighted by atomic mass is 9.69. The maximum Gasteiger partial charge on any atom is -0.0344 e. The summed E-state index contributed by atoms with van der Waals surface area (Å²) < 4.78 is 0. The summed E-state index contributed by atoms with van der Waals surface area (Å²) in [5.74, 6) is 0. The summed E-state index contributed by atoms with van der Waals surface area (Å²) in [6, 6.07) is 6.56. The molecule has 0 radical (unpaired) electrons. The zero-order chi connectivity index (χ0) is 17.8. The smallest absolute Gasteiger partial charge is 0.0344 e. The van der Waals surface area contributed by atoms with Crippen LogP contribution in [0.4, 0.5) is 0 Å². The van der Waals surface area contributed by atoms with Crippen molar-refractivity contribution in [2.45, 2.75) is 96.4 Å². The molecule has 0 N–H and O–H groups in total. The molecule has 0 saturated carbocycles. The van der Waals surface area contributed by atoms with Gasteiger partial charge in [-0.3, -0.25) is 0 Å². The number of aryl methyl sites for hydroxylation is 3. The van der Waals surface area contributed by atoms with Crippen LogP contribution in [0.3, 0.4) is 0 Å². The van der Waals surface area contributed by atoms with E-state index in [0.717, 1.165) is 0 Å². The van der Waals surface area contributed by atoms with Crippen LogP contribution < -0.4 is 0 Å². The van der Waals surface area contributed by atoms with Gasteiger partial charge in [-0.2, -0.15) is 0 Å². The first-order chi connectivity index (χ1) is 9.60. The molecule has 0 spiro atoms. The fourth-order valence-corrected chi connectivity index (χ4v) is 4.14. The van der Waals surface area contributed by atoms with Crippen molar-refractivity contribution in [1.82, 2.24) is 0 Å². The van der Waals surface area contributed by atoms with Crippen molar-refractivity contribution in [1.29, 1.82) is 0 Å². The zero-order valence-corrected chi connectivity index (χ0v) is 17.1. The maximum absolute atomic E-state index is 2.39. The van der Waals surface area contributed by atoms with E-state index in [9.17, 15) is 0 Å². The molecular formula is C23H44.